The van der Waals surface area contributed by atoms with Crippen molar-refractivity contribution in [2.75, 3.05) is 24.3 Å². The first-order valence-corrected chi connectivity index (χ1v) is 7.00. The van der Waals surface area contributed by atoms with Gasteiger partial charge in [0.15, 0.2) is 0 Å². The summed E-state index contributed by atoms with van der Waals surface area (Å²) >= 11 is 3.37. The molecule has 0 saturated carbocycles. The summed E-state index contributed by atoms with van der Waals surface area (Å²) in [6.07, 6.45) is 0. The highest BCUT2D eigenvalue weighted by atomic mass is 79.9. The van der Waals surface area contributed by atoms with Crippen molar-refractivity contribution in [3.63, 3.8) is 0 Å². The van der Waals surface area contributed by atoms with Crippen molar-refractivity contribution in [1.29, 1.82) is 0 Å². The molecule has 2 aromatic carbocycles. The Labute approximate surface area is 130 Å². The van der Waals surface area contributed by atoms with Crippen LogP contribution in [0.4, 0.5) is 15.8 Å². The summed E-state index contributed by atoms with van der Waals surface area (Å²) in [5, 5.41) is 5.67. The maximum absolute atomic E-state index is 12.8. The van der Waals surface area contributed by atoms with Gasteiger partial charge in [-0.2, -0.15) is 0 Å². The number of amides is 1. The molecule has 0 unspecified atom stereocenters. The Morgan fingerprint density at radius 1 is 1.19 bits per heavy atom. The topological polar surface area (TPSA) is 50.4 Å². The van der Waals surface area contributed by atoms with Crippen molar-refractivity contribution in [1.82, 2.24) is 0 Å². The molecule has 2 rings (SSSR count). The Kier molecular flexibility index (Phi) is 5.16. The molecular formula is C15H14BrFN2O2. The minimum absolute atomic E-state index is 0.107. The van der Waals surface area contributed by atoms with Gasteiger partial charge in [0.1, 0.15) is 11.6 Å². The van der Waals surface area contributed by atoms with Gasteiger partial charge in [0.05, 0.1) is 18.1 Å². The van der Waals surface area contributed by atoms with Crippen LogP contribution in [-0.2, 0) is 4.79 Å². The minimum Gasteiger partial charge on any atom is -0.496 e. The zero-order valence-corrected chi connectivity index (χ0v) is 12.9. The molecule has 1 amide bonds. The molecule has 0 aliphatic heterocycles. The molecule has 0 bridgehead atoms. The molecule has 0 spiro atoms. The highest BCUT2D eigenvalue weighted by Gasteiger charge is 2.05. The van der Waals surface area contributed by atoms with Gasteiger partial charge >= 0.3 is 0 Å². The van der Waals surface area contributed by atoms with Gasteiger partial charge in [0.25, 0.3) is 0 Å². The average Bonchev–Trinajstić information content (AvgIpc) is 2.48. The first-order chi connectivity index (χ1) is 10.1. The number of ether oxygens (including phenoxy) is 1. The van der Waals surface area contributed by atoms with Gasteiger partial charge < -0.3 is 15.4 Å². The summed E-state index contributed by atoms with van der Waals surface area (Å²) in [4.78, 5) is 11.8. The molecule has 0 atom stereocenters. The summed E-state index contributed by atoms with van der Waals surface area (Å²) in [6, 6.07) is 11.0. The predicted molar refractivity (Wildman–Crippen MR) is 84.2 cm³/mol. The lowest BCUT2D eigenvalue weighted by Crippen LogP contribution is -2.21. The normalized spacial score (nSPS) is 10.0. The number of hydrogen-bond donors (Lipinski definition) is 2. The Balaban J connectivity index is 1.89. The number of anilines is 2. The van der Waals surface area contributed by atoms with Gasteiger partial charge in [-0.1, -0.05) is 0 Å². The Morgan fingerprint density at radius 2 is 1.86 bits per heavy atom. The Morgan fingerprint density at radius 3 is 2.48 bits per heavy atom. The molecule has 0 radical (unpaired) electrons. The van der Waals surface area contributed by atoms with Crippen molar-refractivity contribution >= 4 is 33.2 Å². The van der Waals surface area contributed by atoms with E-state index in [1.54, 1.807) is 13.2 Å². The molecule has 2 aromatic rings. The largest absolute Gasteiger partial charge is 0.496 e. The van der Waals surface area contributed by atoms with Crippen molar-refractivity contribution in [3.8, 4) is 5.75 Å². The highest BCUT2D eigenvalue weighted by molar-refractivity contribution is 9.10. The molecule has 0 aliphatic carbocycles. The van der Waals surface area contributed by atoms with Gasteiger partial charge in [-0.25, -0.2) is 4.39 Å². The molecule has 110 valence electrons. The van der Waals surface area contributed by atoms with Crippen molar-refractivity contribution in [2.45, 2.75) is 0 Å². The van der Waals surface area contributed by atoms with E-state index in [-0.39, 0.29) is 18.3 Å². The second kappa shape index (κ2) is 7.08. The van der Waals surface area contributed by atoms with Crippen LogP contribution in [0.15, 0.2) is 46.9 Å². The van der Waals surface area contributed by atoms with Gasteiger partial charge in [0.2, 0.25) is 5.91 Å². The van der Waals surface area contributed by atoms with E-state index in [2.05, 4.69) is 26.6 Å². The van der Waals surface area contributed by atoms with Crippen LogP contribution in [-0.4, -0.2) is 19.6 Å². The molecule has 0 heterocycles. The van der Waals surface area contributed by atoms with Gasteiger partial charge in [-0.3, -0.25) is 4.79 Å². The van der Waals surface area contributed by atoms with E-state index >= 15 is 0 Å². The quantitative estimate of drug-likeness (QED) is 0.863. The first-order valence-electron chi connectivity index (χ1n) is 6.21. The van der Waals surface area contributed by atoms with Gasteiger partial charge in [0, 0.05) is 11.4 Å². The van der Waals surface area contributed by atoms with Crippen molar-refractivity contribution < 1.29 is 13.9 Å². The van der Waals surface area contributed by atoms with Crippen LogP contribution in [0, 0.1) is 5.82 Å². The maximum Gasteiger partial charge on any atom is 0.243 e. The molecule has 0 saturated heterocycles. The molecule has 21 heavy (non-hydrogen) atoms. The van der Waals surface area contributed by atoms with Crippen LogP contribution in [0.2, 0.25) is 0 Å². The summed E-state index contributed by atoms with van der Waals surface area (Å²) in [5.41, 5.74) is 1.34. The first kappa shape index (κ1) is 15.3. The third-order valence-corrected chi connectivity index (χ3v) is 3.35. The molecule has 0 aliphatic rings. The third kappa shape index (κ3) is 4.46. The van der Waals surface area contributed by atoms with Crippen LogP contribution >= 0.6 is 15.9 Å². The molecule has 0 aromatic heterocycles. The second-order valence-electron chi connectivity index (χ2n) is 4.26. The number of carbonyl (C=O) groups is 1. The fourth-order valence-electron chi connectivity index (χ4n) is 1.70. The number of carbonyl (C=O) groups excluding carboxylic acids is 1. The molecular weight excluding hydrogens is 339 g/mol. The summed E-state index contributed by atoms with van der Waals surface area (Å²) in [5.74, 6) is 0.166. The smallest absolute Gasteiger partial charge is 0.243 e. The Hall–Kier alpha value is -2.08. The van der Waals surface area contributed by atoms with Crippen LogP contribution in [0.1, 0.15) is 0 Å². The zero-order valence-electron chi connectivity index (χ0n) is 11.3. The molecule has 2 N–H and O–H groups in total. The fourth-order valence-corrected chi connectivity index (χ4v) is 2.24. The lowest BCUT2D eigenvalue weighted by molar-refractivity contribution is -0.114. The minimum atomic E-state index is -0.339. The van der Waals surface area contributed by atoms with E-state index in [4.69, 9.17) is 4.74 Å². The lowest BCUT2D eigenvalue weighted by Gasteiger charge is -2.09. The van der Waals surface area contributed by atoms with Crippen LogP contribution in [0.3, 0.4) is 0 Å². The van der Waals surface area contributed by atoms with Crippen molar-refractivity contribution in [3.05, 3.63) is 52.8 Å². The van der Waals surface area contributed by atoms with E-state index in [1.807, 2.05) is 12.1 Å². The predicted octanol–water partition coefficient (Wildman–Crippen LogP) is 3.65. The van der Waals surface area contributed by atoms with E-state index in [1.165, 1.54) is 24.3 Å². The van der Waals surface area contributed by atoms with Crippen LogP contribution < -0.4 is 15.4 Å². The van der Waals surface area contributed by atoms with Gasteiger partial charge in [-0.05, 0) is 58.4 Å². The van der Waals surface area contributed by atoms with Crippen LogP contribution in [0.5, 0.6) is 5.75 Å². The fraction of sp³-hybridized carbons (Fsp3) is 0.133. The highest BCUT2D eigenvalue weighted by Crippen LogP contribution is 2.27. The molecule has 6 heteroatoms. The number of rotatable bonds is 5. The average molecular weight is 353 g/mol. The monoisotopic (exact) mass is 352 g/mol. The molecule has 4 nitrogen and oxygen atoms in total. The van der Waals surface area contributed by atoms with Gasteiger partial charge in [-0.15, -0.1) is 0 Å². The lowest BCUT2D eigenvalue weighted by atomic mass is 10.3. The summed E-state index contributed by atoms with van der Waals surface area (Å²) in [6.45, 7) is 0.107. The SMILES string of the molecule is COc1ccc(NCC(=O)Nc2ccc(F)cc2)cc1Br. The molecule has 0 fully saturated rings. The van der Waals surface area contributed by atoms with E-state index in [0.717, 1.165) is 15.9 Å². The Bertz CT molecular complexity index is 632. The zero-order chi connectivity index (χ0) is 15.2. The maximum atomic E-state index is 12.8. The van der Waals surface area contributed by atoms with E-state index in [9.17, 15) is 9.18 Å². The van der Waals surface area contributed by atoms with Crippen LogP contribution in [0.25, 0.3) is 0 Å². The summed E-state index contributed by atoms with van der Waals surface area (Å²) in [7, 11) is 1.59. The number of hydrogen-bond acceptors (Lipinski definition) is 3. The number of nitrogens with one attached hydrogen (secondary N) is 2. The van der Waals surface area contributed by atoms with Crippen molar-refractivity contribution in [2.24, 2.45) is 0 Å². The summed E-state index contributed by atoms with van der Waals surface area (Å²) < 4.78 is 18.7. The number of methoxy groups -OCH3 is 1. The standard InChI is InChI=1S/C15H14BrFN2O2/c1-21-14-7-6-12(8-13(14)16)18-9-15(20)19-11-4-2-10(17)3-5-11/h2-8,18H,9H2,1H3,(H,19,20). The van der Waals surface area contributed by atoms with E-state index < -0.39 is 0 Å². The number of halogens is 2. The third-order valence-electron chi connectivity index (χ3n) is 2.73. The number of benzene rings is 2. The second-order valence-corrected chi connectivity index (χ2v) is 5.11. The van der Waals surface area contributed by atoms with E-state index in [0.29, 0.717) is 5.69 Å².